The smallest absolute Gasteiger partial charge is 0.153 e. The molecule has 0 amide bonds. The van der Waals surface area contributed by atoms with Gasteiger partial charge in [-0.15, -0.1) is 0 Å². The zero-order valence-corrected chi connectivity index (χ0v) is 9.14. The van der Waals surface area contributed by atoms with E-state index < -0.39 is 0 Å². The van der Waals surface area contributed by atoms with Gasteiger partial charge in [0, 0.05) is 10.4 Å². The minimum Gasteiger partial charge on any atom is -0.492 e. The maximum atomic E-state index is 10.6. The van der Waals surface area contributed by atoms with Crippen LogP contribution in [0.1, 0.15) is 10.4 Å². The number of benzene rings is 1. The molecule has 13 heavy (non-hydrogen) atoms. The van der Waals surface area contributed by atoms with Gasteiger partial charge in [-0.3, -0.25) is 4.79 Å². The molecule has 0 unspecified atom stereocenters. The van der Waals surface area contributed by atoms with E-state index in [1.165, 1.54) is 0 Å². The monoisotopic (exact) mass is 262 g/mol. The van der Waals surface area contributed by atoms with E-state index in [2.05, 4.69) is 15.9 Å². The number of halogens is 2. The molecule has 0 aromatic heterocycles. The van der Waals surface area contributed by atoms with Crippen LogP contribution in [-0.2, 0) is 0 Å². The summed E-state index contributed by atoms with van der Waals surface area (Å²) in [6.07, 6.45) is 0.732. The zero-order chi connectivity index (χ0) is 9.68. The second-order valence-corrected chi connectivity index (χ2v) is 3.57. The molecule has 2 nitrogen and oxygen atoms in total. The van der Waals surface area contributed by atoms with E-state index in [0.717, 1.165) is 11.6 Å². The minimum atomic E-state index is 0.480. The Kier molecular flexibility index (Phi) is 4.25. The van der Waals surface area contributed by atoms with Gasteiger partial charge in [-0.25, -0.2) is 0 Å². The molecule has 0 saturated carbocycles. The van der Waals surface area contributed by atoms with Crippen molar-refractivity contribution in [2.45, 2.75) is 0 Å². The van der Waals surface area contributed by atoms with Gasteiger partial charge in [0.1, 0.15) is 5.75 Å². The highest BCUT2D eigenvalue weighted by Crippen LogP contribution is 2.21. The van der Waals surface area contributed by atoms with Gasteiger partial charge in [-0.05, 0) is 18.2 Å². The summed E-state index contributed by atoms with van der Waals surface area (Å²) in [4.78, 5) is 10.6. The fraction of sp³-hybridized carbons (Fsp3) is 0.222. The van der Waals surface area contributed by atoms with Gasteiger partial charge < -0.3 is 4.74 Å². The highest BCUT2D eigenvalue weighted by atomic mass is 79.9. The van der Waals surface area contributed by atoms with Gasteiger partial charge in [0.05, 0.1) is 12.2 Å². The molecule has 0 bridgehead atoms. The second-order valence-electron chi connectivity index (χ2n) is 2.34. The molecule has 0 aliphatic heterocycles. The fourth-order valence-electron chi connectivity index (χ4n) is 0.891. The van der Waals surface area contributed by atoms with Crippen molar-refractivity contribution in [3.63, 3.8) is 0 Å². The molecular formula is C9H8BrClO2. The lowest BCUT2D eigenvalue weighted by Gasteiger charge is -2.06. The Bertz CT molecular complexity index is 302. The molecule has 0 radical (unpaired) electrons. The maximum Gasteiger partial charge on any atom is 0.153 e. The van der Waals surface area contributed by atoms with Gasteiger partial charge in [0.25, 0.3) is 0 Å². The minimum absolute atomic E-state index is 0.480. The molecule has 0 N–H and O–H groups in total. The Morgan fingerprint density at radius 1 is 1.54 bits per heavy atom. The quantitative estimate of drug-likeness (QED) is 0.617. The third-order valence-electron chi connectivity index (χ3n) is 1.43. The zero-order valence-electron chi connectivity index (χ0n) is 6.80. The molecule has 0 saturated heterocycles. The lowest BCUT2D eigenvalue weighted by molar-refractivity contribution is 0.112. The van der Waals surface area contributed by atoms with Gasteiger partial charge in [0.15, 0.2) is 6.29 Å². The summed E-state index contributed by atoms with van der Waals surface area (Å²) in [6.45, 7) is 0.530. The Hall–Kier alpha value is -0.540. The van der Waals surface area contributed by atoms with Crippen LogP contribution in [0.2, 0.25) is 5.02 Å². The highest BCUT2D eigenvalue weighted by Gasteiger charge is 2.02. The lowest BCUT2D eigenvalue weighted by Crippen LogP contribution is -2.00. The van der Waals surface area contributed by atoms with Crippen molar-refractivity contribution in [2.24, 2.45) is 0 Å². The third-order valence-corrected chi connectivity index (χ3v) is 1.99. The van der Waals surface area contributed by atoms with E-state index in [1.54, 1.807) is 18.2 Å². The number of alkyl halides is 1. The summed E-state index contributed by atoms with van der Waals surface area (Å²) < 4.78 is 5.30. The van der Waals surface area contributed by atoms with Crippen molar-refractivity contribution >= 4 is 33.8 Å². The van der Waals surface area contributed by atoms with Crippen molar-refractivity contribution in [1.29, 1.82) is 0 Å². The normalized spacial score (nSPS) is 9.69. The van der Waals surface area contributed by atoms with E-state index in [0.29, 0.717) is 22.9 Å². The molecule has 4 heteroatoms. The first kappa shape index (κ1) is 10.5. The van der Waals surface area contributed by atoms with Gasteiger partial charge in [-0.1, -0.05) is 27.5 Å². The van der Waals surface area contributed by atoms with Crippen LogP contribution in [0, 0.1) is 0 Å². The van der Waals surface area contributed by atoms with Crippen molar-refractivity contribution in [1.82, 2.24) is 0 Å². The molecule has 0 fully saturated rings. The topological polar surface area (TPSA) is 26.3 Å². The summed E-state index contributed by atoms with van der Waals surface area (Å²) in [5.74, 6) is 0.568. The van der Waals surface area contributed by atoms with E-state index in [-0.39, 0.29) is 0 Å². The molecule has 0 spiro atoms. The van der Waals surface area contributed by atoms with Crippen molar-refractivity contribution in [3.8, 4) is 5.75 Å². The largest absolute Gasteiger partial charge is 0.492 e. The molecule has 1 aromatic carbocycles. The van der Waals surface area contributed by atoms with Crippen LogP contribution in [-0.4, -0.2) is 18.2 Å². The molecule has 0 aliphatic rings. The highest BCUT2D eigenvalue weighted by molar-refractivity contribution is 9.09. The Labute approximate surface area is 90.0 Å². The summed E-state index contributed by atoms with van der Waals surface area (Å²) in [6, 6.07) is 4.96. The Balaban J connectivity index is 2.86. The molecule has 0 heterocycles. The van der Waals surface area contributed by atoms with E-state index in [4.69, 9.17) is 16.3 Å². The van der Waals surface area contributed by atoms with E-state index >= 15 is 0 Å². The van der Waals surface area contributed by atoms with Crippen LogP contribution in [0.5, 0.6) is 5.75 Å². The SMILES string of the molecule is O=Cc1cc(Cl)ccc1OCCBr. The third kappa shape index (κ3) is 3.01. The van der Waals surface area contributed by atoms with Gasteiger partial charge >= 0.3 is 0 Å². The lowest BCUT2D eigenvalue weighted by atomic mass is 10.2. The Morgan fingerprint density at radius 3 is 2.92 bits per heavy atom. The fourth-order valence-corrected chi connectivity index (χ4v) is 1.23. The van der Waals surface area contributed by atoms with Crippen molar-refractivity contribution in [2.75, 3.05) is 11.9 Å². The number of carbonyl (C=O) groups is 1. The molecule has 1 aromatic rings. The summed E-state index contributed by atoms with van der Waals surface area (Å²) in [7, 11) is 0. The summed E-state index contributed by atoms with van der Waals surface area (Å²) in [5.41, 5.74) is 0.480. The number of rotatable bonds is 4. The van der Waals surface area contributed by atoms with E-state index in [9.17, 15) is 4.79 Å². The van der Waals surface area contributed by atoms with Crippen LogP contribution in [0.15, 0.2) is 18.2 Å². The van der Waals surface area contributed by atoms with Gasteiger partial charge in [-0.2, -0.15) is 0 Å². The average molecular weight is 264 g/mol. The predicted molar refractivity (Wildman–Crippen MR) is 56.1 cm³/mol. The van der Waals surface area contributed by atoms with Crippen molar-refractivity contribution in [3.05, 3.63) is 28.8 Å². The van der Waals surface area contributed by atoms with Crippen molar-refractivity contribution < 1.29 is 9.53 Å². The van der Waals surface area contributed by atoms with Gasteiger partial charge in [0.2, 0.25) is 0 Å². The van der Waals surface area contributed by atoms with Crippen LogP contribution in [0.4, 0.5) is 0 Å². The molecule has 0 aliphatic carbocycles. The van der Waals surface area contributed by atoms with Crippen LogP contribution in [0.25, 0.3) is 0 Å². The Morgan fingerprint density at radius 2 is 2.31 bits per heavy atom. The van der Waals surface area contributed by atoms with E-state index in [1.807, 2.05) is 0 Å². The first-order valence-electron chi connectivity index (χ1n) is 3.71. The molecule has 1 rings (SSSR count). The maximum absolute atomic E-state index is 10.6. The second kappa shape index (κ2) is 5.25. The molecule has 70 valence electrons. The summed E-state index contributed by atoms with van der Waals surface area (Å²) in [5, 5.41) is 1.27. The predicted octanol–water partition coefficient (Wildman–Crippen LogP) is 2.93. The first-order chi connectivity index (χ1) is 6.27. The number of hydrogen-bond donors (Lipinski definition) is 0. The molecule has 0 atom stereocenters. The number of hydrogen-bond acceptors (Lipinski definition) is 2. The molecular weight excluding hydrogens is 255 g/mol. The van der Waals surface area contributed by atoms with Crippen LogP contribution < -0.4 is 4.74 Å². The summed E-state index contributed by atoms with van der Waals surface area (Å²) >= 11 is 8.93. The number of carbonyl (C=O) groups excluding carboxylic acids is 1. The first-order valence-corrected chi connectivity index (χ1v) is 5.21. The number of aldehydes is 1. The standard InChI is InChI=1S/C9H8BrClO2/c10-3-4-13-9-2-1-8(11)5-7(9)6-12/h1-2,5-6H,3-4H2. The van der Waals surface area contributed by atoms with Crippen LogP contribution in [0.3, 0.4) is 0 Å². The number of ether oxygens (including phenoxy) is 1. The average Bonchev–Trinajstić information content (AvgIpc) is 2.16. The van der Waals surface area contributed by atoms with Crippen LogP contribution >= 0.6 is 27.5 Å².